The summed E-state index contributed by atoms with van der Waals surface area (Å²) in [4.78, 5) is 0. The maximum Gasteiger partial charge on any atom is 1.00 e. The van der Waals surface area contributed by atoms with E-state index in [-0.39, 0.29) is 18.9 Å². The second kappa shape index (κ2) is 6.93. The molecule has 5 heteroatoms. The fraction of sp³-hybridized carbons (Fsp3) is 0.143. The first-order chi connectivity index (χ1) is 8.56. The fourth-order valence-corrected chi connectivity index (χ4v) is 2.75. The molecule has 0 aliphatic carbocycles. The van der Waals surface area contributed by atoms with E-state index in [1.165, 1.54) is 0 Å². The molecule has 0 saturated carbocycles. The first-order valence-electron chi connectivity index (χ1n) is 5.60. The topological polar surface area (TPSA) is 57.2 Å². The molecular weight excluding hydrogens is 255 g/mol. The minimum absolute atomic E-state index is 0. The Bertz CT molecular complexity index is 558. The van der Waals surface area contributed by atoms with Crippen LogP contribution in [0.25, 0.3) is 0 Å². The molecule has 0 aliphatic heterocycles. The zero-order valence-corrected chi connectivity index (χ0v) is 11.5. The first kappa shape index (κ1) is 16.0. The van der Waals surface area contributed by atoms with Crippen molar-refractivity contribution >= 4 is 10.1 Å². The Morgan fingerprint density at radius 3 is 1.53 bits per heavy atom. The van der Waals surface area contributed by atoms with Crippen molar-refractivity contribution in [2.24, 2.45) is 0 Å². The van der Waals surface area contributed by atoms with E-state index in [0.29, 0.717) is 0 Å². The van der Waals surface area contributed by atoms with Gasteiger partial charge in [-0.3, -0.25) is 0 Å². The van der Waals surface area contributed by atoms with Crippen molar-refractivity contribution in [3.05, 3.63) is 71.8 Å². The normalized spacial score (nSPS) is 11.1. The molecular formula is C14H13LiO3S. The van der Waals surface area contributed by atoms with Gasteiger partial charge in [-0.25, -0.2) is 8.42 Å². The Hall–Kier alpha value is -1.05. The molecule has 0 atom stereocenters. The van der Waals surface area contributed by atoms with E-state index in [2.05, 4.69) is 0 Å². The van der Waals surface area contributed by atoms with Crippen LogP contribution in [0.1, 0.15) is 17.0 Å². The van der Waals surface area contributed by atoms with E-state index < -0.39 is 21.8 Å². The minimum atomic E-state index is -4.27. The van der Waals surface area contributed by atoms with Crippen molar-refractivity contribution in [2.75, 3.05) is 5.75 Å². The van der Waals surface area contributed by atoms with Crippen molar-refractivity contribution in [1.29, 1.82) is 0 Å². The summed E-state index contributed by atoms with van der Waals surface area (Å²) in [5, 5.41) is 0. The van der Waals surface area contributed by atoms with E-state index >= 15 is 0 Å². The van der Waals surface area contributed by atoms with E-state index in [9.17, 15) is 13.0 Å². The third kappa shape index (κ3) is 4.85. The molecule has 3 nitrogen and oxygen atoms in total. The number of hydrogen-bond donors (Lipinski definition) is 0. The van der Waals surface area contributed by atoms with Gasteiger partial charge in [0, 0.05) is 11.7 Å². The van der Waals surface area contributed by atoms with E-state index in [4.69, 9.17) is 0 Å². The molecule has 0 heterocycles. The monoisotopic (exact) mass is 268 g/mol. The summed E-state index contributed by atoms with van der Waals surface area (Å²) >= 11 is 0. The molecule has 0 unspecified atom stereocenters. The van der Waals surface area contributed by atoms with Gasteiger partial charge in [0.25, 0.3) is 0 Å². The van der Waals surface area contributed by atoms with Crippen LogP contribution in [-0.2, 0) is 10.1 Å². The molecule has 0 bridgehead atoms. The van der Waals surface area contributed by atoms with Gasteiger partial charge in [-0.15, -0.1) is 0 Å². The van der Waals surface area contributed by atoms with Gasteiger partial charge < -0.3 is 4.55 Å². The van der Waals surface area contributed by atoms with Crippen molar-refractivity contribution in [2.45, 2.75) is 5.92 Å². The van der Waals surface area contributed by atoms with Crippen LogP contribution in [0.3, 0.4) is 0 Å². The van der Waals surface area contributed by atoms with Crippen LogP contribution in [0.4, 0.5) is 0 Å². The molecule has 19 heavy (non-hydrogen) atoms. The molecule has 2 aromatic carbocycles. The Morgan fingerprint density at radius 1 is 0.842 bits per heavy atom. The maximum atomic E-state index is 11.0. The van der Waals surface area contributed by atoms with Crippen molar-refractivity contribution < 1.29 is 31.8 Å². The van der Waals surface area contributed by atoms with Crippen LogP contribution >= 0.6 is 0 Å². The standard InChI is InChI=1S/C14H14O3S.Li/c15-18(16,17)11-14(12-7-3-1-4-8-12)13-9-5-2-6-10-13;/h1-10,14H,11H2,(H,15,16,17);/q;+1/p-1. The number of rotatable bonds is 4. The molecule has 2 rings (SSSR count). The van der Waals surface area contributed by atoms with Gasteiger partial charge in [0.1, 0.15) is 0 Å². The molecule has 0 aliphatic rings. The zero-order valence-electron chi connectivity index (χ0n) is 10.7. The van der Waals surface area contributed by atoms with E-state index in [0.717, 1.165) is 11.1 Å². The fourth-order valence-electron chi connectivity index (χ4n) is 1.96. The Labute approximate surface area is 125 Å². The summed E-state index contributed by atoms with van der Waals surface area (Å²) in [5.74, 6) is -0.823. The van der Waals surface area contributed by atoms with Gasteiger partial charge in [-0.1, -0.05) is 60.7 Å². The maximum absolute atomic E-state index is 11.0. The molecule has 94 valence electrons. The number of benzene rings is 2. The van der Waals surface area contributed by atoms with Gasteiger partial charge in [0.2, 0.25) is 0 Å². The Kier molecular flexibility index (Phi) is 5.83. The van der Waals surface area contributed by atoms with Crippen LogP contribution in [0.15, 0.2) is 60.7 Å². The van der Waals surface area contributed by atoms with Gasteiger partial charge >= 0.3 is 18.9 Å². The molecule has 2 aromatic rings. The summed E-state index contributed by atoms with van der Waals surface area (Å²) in [6, 6.07) is 18.4. The molecule has 0 N–H and O–H groups in total. The third-order valence-corrected chi connectivity index (χ3v) is 3.52. The first-order valence-corrected chi connectivity index (χ1v) is 7.17. The molecule has 0 amide bonds. The second-order valence-electron chi connectivity index (χ2n) is 4.10. The molecule has 0 saturated heterocycles. The van der Waals surface area contributed by atoms with Gasteiger partial charge in [-0.2, -0.15) is 0 Å². The average molecular weight is 268 g/mol. The Morgan fingerprint density at radius 2 is 1.21 bits per heavy atom. The summed E-state index contributed by atoms with van der Waals surface area (Å²) in [6.45, 7) is 0. The van der Waals surface area contributed by atoms with E-state index in [1.54, 1.807) is 0 Å². The van der Waals surface area contributed by atoms with Crippen LogP contribution < -0.4 is 18.9 Å². The predicted octanol–water partition coefficient (Wildman–Crippen LogP) is -0.632. The van der Waals surface area contributed by atoms with Gasteiger partial charge in [-0.05, 0) is 11.1 Å². The van der Waals surface area contributed by atoms with Crippen molar-refractivity contribution in [3.8, 4) is 0 Å². The minimum Gasteiger partial charge on any atom is -0.748 e. The predicted molar refractivity (Wildman–Crippen MR) is 69.3 cm³/mol. The van der Waals surface area contributed by atoms with E-state index in [1.807, 2.05) is 60.7 Å². The third-order valence-electron chi connectivity index (χ3n) is 2.77. The molecule has 0 spiro atoms. The summed E-state index contributed by atoms with van der Waals surface area (Å²) in [5.41, 5.74) is 1.67. The van der Waals surface area contributed by atoms with Gasteiger partial charge in [0.15, 0.2) is 0 Å². The second-order valence-corrected chi connectivity index (χ2v) is 5.55. The Balaban J connectivity index is 0.00000180. The quantitative estimate of drug-likeness (QED) is 0.548. The SMILES string of the molecule is O=S(=O)([O-])CC(c1ccccc1)c1ccccc1.[Li+]. The smallest absolute Gasteiger partial charge is 0.748 e. The molecule has 0 radical (unpaired) electrons. The zero-order chi connectivity index (χ0) is 13.0. The van der Waals surface area contributed by atoms with Crippen LogP contribution in [0.5, 0.6) is 0 Å². The average Bonchev–Trinajstić information content (AvgIpc) is 2.37. The van der Waals surface area contributed by atoms with Crippen LogP contribution in [0.2, 0.25) is 0 Å². The summed E-state index contributed by atoms with van der Waals surface area (Å²) in [7, 11) is -4.27. The summed E-state index contributed by atoms with van der Waals surface area (Å²) in [6.07, 6.45) is 0. The summed E-state index contributed by atoms with van der Waals surface area (Å²) < 4.78 is 33.1. The molecule has 0 aromatic heterocycles. The van der Waals surface area contributed by atoms with Crippen molar-refractivity contribution in [3.63, 3.8) is 0 Å². The van der Waals surface area contributed by atoms with Crippen LogP contribution in [-0.4, -0.2) is 18.7 Å². The molecule has 0 fully saturated rings. The van der Waals surface area contributed by atoms with Crippen molar-refractivity contribution in [1.82, 2.24) is 0 Å². The van der Waals surface area contributed by atoms with Gasteiger partial charge in [0.05, 0.1) is 10.1 Å². The number of hydrogen-bond acceptors (Lipinski definition) is 3. The van der Waals surface area contributed by atoms with Crippen LogP contribution in [0, 0.1) is 0 Å². The largest absolute Gasteiger partial charge is 1.00 e.